The molecule has 4 aromatic carbocycles. The lowest BCUT2D eigenvalue weighted by Gasteiger charge is -2.15. The molecular formula is C31H26ClN3O3. The molecule has 0 atom stereocenters. The summed E-state index contributed by atoms with van der Waals surface area (Å²) in [6.07, 6.45) is 0. The SMILES string of the molecule is Cc1ccc(CNC(=O)c2ccc(Cn3c(=O)c4ccccc4n(Cc4cccc(Cl)c4)c3=O)cc2)cc1. The molecule has 1 aromatic heterocycles. The Morgan fingerprint density at radius 2 is 1.45 bits per heavy atom. The van der Waals surface area contributed by atoms with Crippen LogP contribution in [0.15, 0.2) is 107 Å². The highest BCUT2D eigenvalue weighted by Crippen LogP contribution is 2.15. The topological polar surface area (TPSA) is 73.1 Å². The summed E-state index contributed by atoms with van der Waals surface area (Å²) in [5.41, 5.74) is 4.09. The number of carbonyl (C=O) groups is 1. The molecule has 0 fully saturated rings. The van der Waals surface area contributed by atoms with Crippen LogP contribution in [0.4, 0.5) is 0 Å². The van der Waals surface area contributed by atoms with E-state index in [1.165, 1.54) is 4.57 Å². The van der Waals surface area contributed by atoms with Crippen LogP contribution in [0.25, 0.3) is 10.9 Å². The van der Waals surface area contributed by atoms with Crippen LogP contribution in [-0.2, 0) is 19.6 Å². The van der Waals surface area contributed by atoms with E-state index < -0.39 is 5.69 Å². The summed E-state index contributed by atoms with van der Waals surface area (Å²) in [7, 11) is 0. The van der Waals surface area contributed by atoms with Gasteiger partial charge in [-0.15, -0.1) is 0 Å². The number of hydrogen-bond acceptors (Lipinski definition) is 3. The number of fused-ring (bicyclic) bond motifs is 1. The van der Waals surface area contributed by atoms with E-state index in [0.29, 0.717) is 28.0 Å². The molecule has 5 rings (SSSR count). The summed E-state index contributed by atoms with van der Waals surface area (Å²) >= 11 is 6.15. The summed E-state index contributed by atoms with van der Waals surface area (Å²) in [6, 6.07) is 29.3. The van der Waals surface area contributed by atoms with Crippen molar-refractivity contribution in [2.24, 2.45) is 0 Å². The van der Waals surface area contributed by atoms with Gasteiger partial charge in [-0.05, 0) is 60.0 Å². The Bertz CT molecular complexity index is 1740. The minimum Gasteiger partial charge on any atom is -0.348 e. The van der Waals surface area contributed by atoms with Crippen molar-refractivity contribution >= 4 is 28.4 Å². The molecule has 6 nitrogen and oxygen atoms in total. The summed E-state index contributed by atoms with van der Waals surface area (Å²) in [4.78, 5) is 39.5. The quantitative estimate of drug-likeness (QED) is 0.320. The van der Waals surface area contributed by atoms with Gasteiger partial charge in [0.15, 0.2) is 0 Å². The molecule has 0 aliphatic heterocycles. The van der Waals surface area contributed by atoms with E-state index in [2.05, 4.69) is 5.32 Å². The van der Waals surface area contributed by atoms with Crippen LogP contribution in [0.1, 0.15) is 32.6 Å². The minimum atomic E-state index is -0.409. The van der Waals surface area contributed by atoms with Crippen LogP contribution in [0.3, 0.4) is 0 Å². The molecule has 0 saturated carbocycles. The van der Waals surface area contributed by atoms with Crippen LogP contribution in [0.5, 0.6) is 0 Å². The van der Waals surface area contributed by atoms with E-state index in [1.807, 2.05) is 49.4 Å². The summed E-state index contributed by atoms with van der Waals surface area (Å²) < 4.78 is 2.83. The van der Waals surface area contributed by atoms with Crippen molar-refractivity contribution in [1.82, 2.24) is 14.5 Å². The number of amides is 1. The lowest BCUT2D eigenvalue weighted by Crippen LogP contribution is -2.40. The van der Waals surface area contributed by atoms with E-state index in [4.69, 9.17) is 11.6 Å². The maximum Gasteiger partial charge on any atom is 0.332 e. The molecule has 1 heterocycles. The van der Waals surface area contributed by atoms with Gasteiger partial charge in [0.25, 0.3) is 11.5 Å². The predicted molar refractivity (Wildman–Crippen MR) is 151 cm³/mol. The number of carbonyl (C=O) groups excluding carboxylic acids is 1. The molecule has 1 amide bonds. The van der Waals surface area contributed by atoms with Crippen LogP contribution in [0, 0.1) is 6.92 Å². The first-order chi connectivity index (χ1) is 18.4. The number of benzene rings is 4. The summed E-state index contributed by atoms with van der Waals surface area (Å²) in [5.74, 6) is -0.191. The van der Waals surface area contributed by atoms with Crippen LogP contribution in [0.2, 0.25) is 5.02 Å². The van der Waals surface area contributed by atoms with E-state index in [1.54, 1.807) is 59.2 Å². The molecule has 0 aliphatic carbocycles. The third-order valence-corrected chi connectivity index (χ3v) is 6.73. The van der Waals surface area contributed by atoms with Gasteiger partial charge in [-0.3, -0.25) is 18.7 Å². The van der Waals surface area contributed by atoms with Crippen LogP contribution in [-0.4, -0.2) is 15.0 Å². The van der Waals surface area contributed by atoms with Gasteiger partial charge in [0.05, 0.1) is 24.0 Å². The first kappa shape index (κ1) is 25.2. The van der Waals surface area contributed by atoms with Crippen molar-refractivity contribution in [2.75, 3.05) is 0 Å². The molecule has 0 unspecified atom stereocenters. The monoisotopic (exact) mass is 523 g/mol. The Labute approximate surface area is 224 Å². The molecule has 190 valence electrons. The maximum atomic E-state index is 13.5. The Morgan fingerprint density at radius 1 is 0.763 bits per heavy atom. The van der Waals surface area contributed by atoms with Crippen molar-refractivity contribution in [3.8, 4) is 0 Å². The molecule has 0 saturated heterocycles. The molecule has 7 heteroatoms. The maximum absolute atomic E-state index is 13.5. The Morgan fingerprint density at radius 3 is 2.18 bits per heavy atom. The average molecular weight is 524 g/mol. The number of aromatic nitrogens is 2. The molecule has 0 spiro atoms. The fraction of sp³-hybridized carbons (Fsp3) is 0.129. The minimum absolute atomic E-state index is 0.0866. The van der Waals surface area contributed by atoms with E-state index >= 15 is 0 Å². The zero-order chi connectivity index (χ0) is 26.6. The third kappa shape index (κ3) is 5.45. The van der Waals surface area contributed by atoms with Crippen molar-refractivity contribution in [2.45, 2.75) is 26.6 Å². The average Bonchev–Trinajstić information content (AvgIpc) is 2.93. The highest BCUT2D eigenvalue weighted by molar-refractivity contribution is 6.30. The summed E-state index contributed by atoms with van der Waals surface area (Å²) in [6.45, 7) is 2.81. The van der Waals surface area contributed by atoms with E-state index in [0.717, 1.165) is 22.3 Å². The fourth-order valence-electron chi connectivity index (χ4n) is 4.42. The standard InChI is InChI=1S/C31H26ClN3O3/c1-21-9-11-22(12-10-21)18-33-29(36)25-15-13-23(14-16-25)19-35-30(37)27-7-2-3-8-28(27)34(31(35)38)20-24-5-4-6-26(32)17-24/h2-17H,18-20H2,1H3,(H,33,36). The second kappa shape index (κ2) is 10.9. The number of halogens is 1. The number of hydrogen-bond donors (Lipinski definition) is 1. The Balaban J connectivity index is 1.40. The van der Waals surface area contributed by atoms with Gasteiger partial charge in [-0.1, -0.05) is 77.8 Å². The van der Waals surface area contributed by atoms with Gasteiger partial charge in [0.1, 0.15) is 0 Å². The molecule has 0 aliphatic rings. The normalized spacial score (nSPS) is 11.0. The van der Waals surface area contributed by atoms with Crippen molar-refractivity contribution in [3.63, 3.8) is 0 Å². The molecule has 1 N–H and O–H groups in total. The highest BCUT2D eigenvalue weighted by atomic mass is 35.5. The lowest BCUT2D eigenvalue weighted by molar-refractivity contribution is 0.0951. The zero-order valence-corrected chi connectivity index (χ0v) is 21.6. The van der Waals surface area contributed by atoms with Crippen molar-refractivity contribution in [1.29, 1.82) is 0 Å². The first-order valence-electron chi connectivity index (χ1n) is 12.3. The fourth-order valence-corrected chi connectivity index (χ4v) is 4.63. The number of nitrogens with zero attached hydrogens (tertiary/aromatic N) is 2. The predicted octanol–water partition coefficient (Wildman–Crippen LogP) is 5.15. The molecule has 0 bridgehead atoms. The highest BCUT2D eigenvalue weighted by Gasteiger charge is 2.14. The summed E-state index contributed by atoms with van der Waals surface area (Å²) in [5, 5.41) is 3.96. The number of aryl methyl sites for hydroxylation is 1. The van der Waals surface area contributed by atoms with Crippen molar-refractivity contribution < 1.29 is 4.79 Å². The van der Waals surface area contributed by atoms with Crippen LogP contribution < -0.4 is 16.6 Å². The van der Waals surface area contributed by atoms with E-state index in [-0.39, 0.29) is 24.6 Å². The number of nitrogens with one attached hydrogen (secondary N) is 1. The smallest absolute Gasteiger partial charge is 0.332 e. The second-order valence-corrected chi connectivity index (χ2v) is 9.71. The molecular weight excluding hydrogens is 498 g/mol. The molecule has 0 radical (unpaired) electrons. The first-order valence-corrected chi connectivity index (χ1v) is 12.7. The lowest BCUT2D eigenvalue weighted by atomic mass is 10.1. The molecule has 5 aromatic rings. The Kier molecular flexibility index (Phi) is 7.24. The largest absolute Gasteiger partial charge is 0.348 e. The third-order valence-electron chi connectivity index (χ3n) is 6.49. The van der Waals surface area contributed by atoms with Crippen molar-refractivity contribution in [3.05, 3.63) is 151 Å². The second-order valence-electron chi connectivity index (χ2n) is 9.27. The van der Waals surface area contributed by atoms with Crippen LogP contribution >= 0.6 is 11.6 Å². The van der Waals surface area contributed by atoms with Gasteiger partial charge < -0.3 is 5.32 Å². The number of para-hydroxylation sites is 1. The zero-order valence-electron chi connectivity index (χ0n) is 20.9. The van der Waals surface area contributed by atoms with E-state index in [9.17, 15) is 14.4 Å². The number of rotatable bonds is 7. The van der Waals surface area contributed by atoms with Gasteiger partial charge in [-0.25, -0.2) is 4.79 Å². The van der Waals surface area contributed by atoms with Gasteiger partial charge in [0, 0.05) is 17.1 Å². The van der Waals surface area contributed by atoms with Gasteiger partial charge in [-0.2, -0.15) is 0 Å². The Hall–Kier alpha value is -4.42. The van der Waals surface area contributed by atoms with Gasteiger partial charge in [0.2, 0.25) is 0 Å². The molecule has 38 heavy (non-hydrogen) atoms. The van der Waals surface area contributed by atoms with Gasteiger partial charge >= 0.3 is 5.69 Å².